The maximum absolute atomic E-state index is 13.0. The Morgan fingerprint density at radius 2 is 2.04 bits per heavy atom. The molecule has 1 amide bonds. The third-order valence-corrected chi connectivity index (χ3v) is 6.09. The lowest BCUT2D eigenvalue weighted by Gasteiger charge is -2.44. The van der Waals surface area contributed by atoms with Crippen LogP contribution in [0.15, 0.2) is 6.07 Å². The summed E-state index contributed by atoms with van der Waals surface area (Å²) in [5, 5.41) is 8.55. The number of fused-ring (bicyclic) bond motifs is 2. The zero-order valence-corrected chi connectivity index (χ0v) is 16.1. The van der Waals surface area contributed by atoms with E-state index in [9.17, 15) is 4.79 Å². The van der Waals surface area contributed by atoms with E-state index in [0.717, 1.165) is 29.0 Å². The van der Waals surface area contributed by atoms with Crippen molar-refractivity contribution < 1.29 is 4.79 Å². The molecular weight excluding hydrogens is 326 g/mol. The Hall–Kier alpha value is -1.95. The third-order valence-electron chi connectivity index (χ3n) is 6.09. The zero-order valence-electron chi connectivity index (χ0n) is 16.1. The van der Waals surface area contributed by atoms with E-state index in [2.05, 4.69) is 20.3 Å². The number of hydrogen-bond donors (Lipinski definition) is 1. The molecule has 2 aliphatic rings. The van der Waals surface area contributed by atoms with Crippen molar-refractivity contribution in [2.45, 2.75) is 52.0 Å². The Labute approximate surface area is 155 Å². The lowest BCUT2D eigenvalue weighted by molar-refractivity contribution is 0.0576. The van der Waals surface area contributed by atoms with Gasteiger partial charge < -0.3 is 10.2 Å². The molecule has 0 saturated carbocycles. The van der Waals surface area contributed by atoms with Crippen LogP contribution < -0.4 is 5.32 Å². The summed E-state index contributed by atoms with van der Waals surface area (Å²) in [6.07, 6.45) is 6.39. The van der Waals surface area contributed by atoms with Crippen molar-refractivity contribution in [3.05, 3.63) is 23.0 Å². The first kappa shape index (κ1) is 17.5. The van der Waals surface area contributed by atoms with Crippen LogP contribution in [0.3, 0.4) is 0 Å². The van der Waals surface area contributed by atoms with Crippen LogP contribution in [0.25, 0.3) is 11.0 Å². The molecule has 0 radical (unpaired) electrons. The second kappa shape index (κ2) is 6.99. The molecule has 4 rings (SSSR count). The maximum Gasteiger partial charge on any atom is 0.252 e. The van der Waals surface area contributed by atoms with Gasteiger partial charge in [-0.05, 0) is 64.6 Å². The fraction of sp³-hybridized carbons (Fsp3) is 0.650. The third kappa shape index (κ3) is 3.11. The number of pyridine rings is 1. The van der Waals surface area contributed by atoms with Gasteiger partial charge in [-0.15, -0.1) is 0 Å². The second-order valence-electron chi connectivity index (χ2n) is 7.93. The van der Waals surface area contributed by atoms with Gasteiger partial charge >= 0.3 is 0 Å². The van der Waals surface area contributed by atoms with Crippen LogP contribution in [0.1, 0.15) is 53.8 Å². The smallest absolute Gasteiger partial charge is 0.252 e. The van der Waals surface area contributed by atoms with Gasteiger partial charge in [0.2, 0.25) is 0 Å². The molecule has 2 aliphatic heterocycles. The van der Waals surface area contributed by atoms with Crippen molar-refractivity contribution in [1.29, 1.82) is 0 Å². The quantitative estimate of drug-likeness (QED) is 0.919. The number of nitrogens with one attached hydrogen (secondary N) is 1. The minimum Gasteiger partial charge on any atom is -0.352 e. The predicted molar refractivity (Wildman–Crippen MR) is 102 cm³/mol. The summed E-state index contributed by atoms with van der Waals surface area (Å²) in [6.45, 7) is 7.10. The minimum absolute atomic E-state index is 0.00420. The molecule has 2 unspecified atom stereocenters. The van der Waals surface area contributed by atoms with Crippen LogP contribution >= 0.6 is 0 Å². The molecule has 2 aromatic heterocycles. The molecule has 0 aliphatic carbocycles. The van der Waals surface area contributed by atoms with Gasteiger partial charge in [-0.3, -0.25) is 9.48 Å². The highest BCUT2D eigenvalue weighted by molar-refractivity contribution is 6.06. The fourth-order valence-corrected chi connectivity index (χ4v) is 4.88. The monoisotopic (exact) mass is 355 g/mol. The molecule has 1 N–H and O–H groups in total. The minimum atomic E-state index is 0.00420. The van der Waals surface area contributed by atoms with Crippen molar-refractivity contribution in [3.8, 4) is 0 Å². The number of aromatic nitrogens is 3. The number of amides is 1. The first-order chi connectivity index (χ1) is 12.5. The molecule has 6 nitrogen and oxygen atoms in total. The first-order valence-electron chi connectivity index (χ1n) is 9.88. The topological polar surface area (TPSA) is 63.1 Å². The molecule has 26 heavy (non-hydrogen) atoms. The normalized spacial score (nSPS) is 23.8. The Morgan fingerprint density at radius 1 is 1.23 bits per heavy atom. The average molecular weight is 355 g/mol. The van der Waals surface area contributed by atoms with E-state index in [0.29, 0.717) is 17.5 Å². The maximum atomic E-state index is 13.0. The summed E-state index contributed by atoms with van der Waals surface area (Å²) in [5.41, 5.74) is 3.19. The van der Waals surface area contributed by atoms with Gasteiger partial charge in [0.15, 0.2) is 5.65 Å². The molecule has 0 bridgehead atoms. The number of nitrogens with zero attached hydrogens (tertiary/aromatic N) is 4. The number of hydrogen-bond acceptors (Lipinski definition) is 4. The number of aryl methyl sites for hydroxylation is 3. The van der Waals surface area contributed by atoms with Gasteiger partial charge in [0.1, 0.15) is 0 Å². The van der Waals surface area contributed by atoms with E-state index in [4.69, 9.17) is 0 Å². The summed E-state index contributed by atoms with van der Waals surface area (Å²) >= 11 is 0. The number of carbonyl (C=O) groups excluding carboxylic acids is 1. The van der Waals surface area contributed by atoms with E-state index in [-0.39, 0.29) is 5.91 Å². The number of rotatable bonds is 3. The zero-order chi connectivity index (χ0) is 18.3. The van der Waals surface area contributed by atoms with E-state index in [1.165, 1.54) is 45.2 Å². The van der Waals surface area contributed by atoms with Gasteiger partial charge in [-0.25, -0.2) is 4.98 Å². The van der Waals surface area contributed by atoms with Crippen LogP contribution in [-0.4, -0.2) is 51.2 Å². The van der Waals surface area contributed by atoms with Crippen molar-refractivity contribution >= 4 is 16.9 Å². The Bertz CT molecular complexity index is 825. The van der Waals surface area contributed by atoms with Gasteiger partial charge in [0.25, 0.3) is 5.91 Å². The summed E-state index contributed by atoms with van der Waals surface area (Å²) in [6, 6.07) is 2.54. The second-order valence-corrected chi connectivity index (χ2v) is 7.93. The summed E-state index contributed by atoms with van der Waals surface area (Å²) in [4.78, 5) is 20.2. The highest BCUT2D eigenvalue weighted by Crippen LogP contribution is 2.30. The van der Waals surface area contributed by atoms with Crippen LogP contribution in [-0.2, 0) is 7.05 Å². The van der Waals surface area contributed by atoms with Gasteiger partial charge in [0.05, 0.1) is 16.6 Å². The lowest BCUT2D eigenvalue weighted by atomic mass is 9.83. The van der Waals surface area contributed by atoms with Crippen LogP contribution in [0, 0.1) is 19.8 Å². The largest absolute Gasteiger partial charge is 0.352 e. The van der Waals surface area contributed by atoms with Gasteiger partial charge in [0, 0.05) is 25.3 Å². The highest BCUT2D eigenvalue weighted by Gasteiger charge is 2.33. The summed E-state index contributed by atoms with van der Waals surface area (Å²) < 4.78 is 1.76. The molecule has 2 saturated heterocycles. The molecule has 0 spiro atoms. The predicted octanol–water partition coefficient (Wildman–Crippen LogP) is 2.58. The van der Waals surface area contributed by atoms with Gasteiger partial charge in [-0.2, -0.15) is 5.10 Å². The average Bonchev–Trinajstić information content (AvgIpc) is 2.92. The number of carbonyl (C=O) groups is 1. The van der Waals surface area contributed by atoms with Gasteiger partial charge in [-0.1, -0.05) is 6.42 Å². The van der Waals surface area contributed by atoms with Crippen molar-refractivity contribution in [2.24, 2.45) is 13.0 Å². The molecule has 6 heteroatoms. The highest BCUT2D eigenvalue weighted by atomic mass is 16.1. The standard InChI is InChI=1S/C20H29N5O/c1-13-11-16(18-14(2)23-24(3)19(18)22-13)20(26)21-12-15-7-6-10-25-9-5-4-8-17(15)25/h11,15,17H,4-10,12H2,1-3H3,(H,21,26). The molecule has 2 fully saturated rings. The molecule has 2 atom stereocenters. The van der Waals surface area contributed by atoms with E-state index >= 15 is 0 Å². The molecular formula is C20H29N5O. The molecule has 0 aromatic carbocycles. The molecule has 2 aromatic rings. The van der Waals surface area contributed by atoms with Crippen LogP contribution in [0.4, 0.5) is 0 Å². The Kier molecular flexibility index (Phi) is 4.69. The van der Waals surface area contributed by atoms with Crippen molar-refractivity contribution in [3.63, 3.8) is 0 Å². The SMILES string of the molecule is Cc1cc(C(=O)NCC2CCCN3CCCCC23)c2c(C)nn(C)c2n1. The van der Waals surface area contributed by atoms with Crippen LogP contribution in [0.2, 0.25) is 0 Å². The Morgan fingerprint density at radius 3 is 2.88 bits per heavy atom. The van der Waals surface area contributed by atoms with Crippen molar-refractivity contribution in [2.75, 3.05) is 19.6 Å². The summed E-state index contributed by atoms with van der Waals surface area (Å²) in [5.74, 6) is 0.575. The first-order valence-corrected chi connectivity index (χ1v) is 9.88. The van der Waals surface area contributed by atoms with E-state index < -0.39 is 0 Å². The fourth-order valence-electron chi connectivity index (χ4n) is 4.88. The van der Waals surface area contributed by atoms with Crippen molar-refractivity contribution in [1.82, 2.24) is 25.0 Å². The van der Waals surface area contributed by atoms with E-state index in [1.54, 1.807) is 4.68 Å². The summed E-state index contributed by atoms with van der Waals surface area (Å²) in [7, 11) is 1.88. The Balaban J connectivity index is 1.53. The number of piperidine rings is 2. The lowest BCUT2D eigenvalue weighted by Crippen LogP contribution is -2.51. The van der Waals surface area contributed by atoms with E-state index in [1.807, 2.05) is 27.0 Å². The molecule has 4 heterocycles. The molecule has 140 valence electrons. The van der Waals surface area contributed by atoms with Crippen LogP contribution in [0.5, 0.6) is 0 Å².